The minimum absolute atomic E-state index is 0.888. The molecule has 0 spiro atoms. The highest BCUT2D eigenvalue weighted by molar-refractivity contribution is 6.23. The minimum atomic E-state index is 0.888. The van der Waals surface area contributed by atoms with Crippen LogP contribution in [0.2, 0.25) is 0 Å². The number of rotatable bonds is 5. The number of nitrogens with zero attached hydrogens (tertiary/aromatic N) is 2. The van der Waals surface area contributed by atoms with E-state index in [-0.39, 0.29) is 0 Å². The maximum Gasteiger partial charge on any atom is 0.135 e. The Bertz CT molecular complexity index is 3370. The van der Waals surface area contributed by atoms with Crippen molar-refractivity contribution in [2.24, 2.45) is 0 Å². The third kappa shape index (κ3) is 4.63. The van der Waals surface area contributed by atoms with Gasteiger partial charge in [0.1, 0.15) is 11.2 Å². The molecule has 0 radical (unpaired) electrons. The van der Waals surface area contributed by atoms with Crippen molar-refractivity contribution in [1.29, 1.82) is 0 Å². The maximum absolute atomic E-state index is 6.26. The lowest BCUT2D eigenvalue weighted by Gasteiger charge is -2.20. The summed E-state index contributed by atoms with van der Waals surface area (Å²) in [6, 6.07) is 61.2. The van der Waals surface area contributed by atoms with Gasteiger partial charge in [-0.1, -0.05) is 122 Å². The van der Waals surface area contributed by atoms with E-state index in [1.54, 1.807) is 0 Å². The van der Waals surface area contributed by atoms with Gasteiger partial charge in [0, 0.05) is 43.7 Å². The third-order valence-electron chi connectivity index (χ3n) is 11.6. The number of hydrogen-bond acceptors (Lipinski definition) is 1. The number of furan rings is 1. The van der Waals surface area contributed by atoms with Crippen LogP contribution in [-0.2, 0) is 0 Å². The largest absolute Gasteiger partial charge is 0.456 e. The zero-order valence-corrected chi connectivity index (χ0v) is 30.7. The van der Waals surface area contributed by atoms with E-state index in [1.165, 1.54) is 54.5 Å². The first-order valence-corrected chi connectivity index (χ1v) is 18.9. The first-order valence-electron chi connectivity index (χ1n) is 18.9. The molecule has 0 amide bonds. The molecule has 0 unspecified atom stereocenters. The fourth-order valence-corrected chi connectivity index (χ4v) is 9.03. The molecule has 11 aromatic rings. The molecule has 3 heteroatoms. The second-order valence-corrected chi connectivity index (χ2v) is 14.7. The van der Waals surface area contributed by atoms with Crippen LogP contribution in [-0.4, -0.2) is 9.13 Å². The molecular weight excluding hydrogens is 669 g/mol. The summed E-state index contributed by atoms with van der Waals surface area (Å²) >= 11 is 0. The van der Waals surface area contributed by atoms with Crippen molar-refractivity contribution in [2.75, 3.05) is 0 Å². The lowest BCUT2D eigenvalue weighted by molar-refractivity contribution is 0.669. The van der Waals surface area contributed by atoms with Crippen LogP contribution >= 0.6 is 0 Å². The van der Waals surface area contributed by atoms with E-state index in [9.17, 15) is 0 Å². The van der Waals surface area contributed by atoms with Crippen LogP contribution in [0.4, 0.5) is 0 Å². The Hall–Kier alpha value is -7.10. The van der Waals surface area contributed by atoms with Gasteiger partial charge in [0.2, 0.25) is 0 Å². The summed E-state index contributed by atoms with van der Waals surface area (Å²) in [5.74, 6) is 0. The molecule has 11 rings (SSSR count). The Morgan fingerprint density at radius 2 is 1.15 bits per heavy atom. The van der Waals surface area contributed by atoms with E-state index in [0.29, 0.717) is 0 Å². The molecule has 0 aliphatic carbocycles. The average molecular weight is 705 g/mol. The summed E-state index contributed by atoms with van der Waals surface area (Å²) in [5, 5.41) is 9.62. The van der Waals surface area contributed by atoms with Gasteiger partial charge in [-0.25, -0.2) is 0 Å². The molecule has 0 saturated carbocycles. The van der Waals surface area contributed by atoms with Gasteiger partial charge in [0.05, 0.1) is 22.1 Å². The zero-order valence-electron chi connectivity index (χ0n) is 30.7. The predicted octanol–water partition coefficient (Wildman–Crippen LogP) is 14.2. The standard InChI is InChI=1S/C52H36N2O/c1-32-14-4-6-16-38(32)51(36-25-29-50-43(30-36)42-20-10-13-23-49(42)55-50)33(2)34(3)53-47-28-26-37(31-44(47)52-39-17-7-5-15-35(39)24-27-48(52)53)54-45-21-11-8-18-40(45)41-19-9-12-22-46(41)54/h4-31H,3H2,1-2H3/b51-33-. The molecule has 0 bridgehead atoms. The average Bonchev–Trinajstić information content (AvgIpc) is 3.89. The monoisotopic (exact) mass is 704 g/mol. The topological polar surface area (TPSA) is 23.0 Å². The highest BCUT2D eigenvalue weighted by Gasteiger charge is 2.22. The number of para-hydroxylation sites is 3. The van der Waals surface area contributed by atoms with Gasteiger partial charge in [-0.15, -0.1) is 0 Å². The van der Waals surface area contributed by atoms with Crippen molar-refractivity contribution in [3.8, 4) is 5.69 Å². The number of fused-ring (bicyclic) bond motifs is 11. The quantitative estimate of drug-likeness (QED) is 0.164. The molecule has 0 aliphatic rings. The molecule has 3 nitrogen and oxygen atoms in total. The number of aromatic nitrogens is 2. The van der Waals surface area contributed by atoms with Crippen LogP contribution in [0.3, 0.4) is 0 Å². The van der Waals surface area contributed by atoms with Crippen molar-refractivity contribution < 1.29 is 4.42 Å². The van der Waals surface area contributed by atoms with Gasteiger partial charge in [-0.3, -0.25) is 0 Å². The van der Waals surface area contributed by atoms with Crippen LogP contribution in [0.5, 0.6) is 0 Å². The van der Waals surface area contributed by atoms with Crippen LogP contribution in [0.25, 0.3) is 93.3 Å². The van der Waals surface area contributed by atoms with Gasteiger partial charge in [-0.2, -0.15) is 0 Å². The van der Waals surface area contributed by atoms with Crippen LogP contribution in [0.15, 0.2) is 186 Å². The number of allylic oxidation sites excluding steroid dienone is 2. The first kappa shape index (κ1) is 31.4. The molecule has 3 aromatic heterocycles. The summed E-state index contributed by atoms with van der Waals surface area (Å²) in [7, 11) is 0. The van der Waals surface area contributed by atoms with E-state index in [2.05, 4.69) is 181 Å². The van der Waals surface area contributed by atoms with Crippen molar-refractivity contribution in [3.05, 3.63) is 199 Å². The molecule has 0 atom stereocenters. The molecule has 0 saturated heterocycles. The number of hydrogen-bond donors (Lipinski definition) is 0. The van der Waals surface area contributed by atoms with Gasteiger partial charge >= 0.3 is 0 Å². The Morgan fingerprint density at radius 3 is 1.93 bits per heavy atom. The predicted molar refractivity (Wildman–Crippen MR) is 233 cm³/mol. The van der Waals surface area contributed by atoms with Crippen molar-refractivity contribution in [2.45, 2.75) is 13.8 Å². The summed E-state index contributed by atoms with van der Waals surface area (Å²) in [6.45, 7) is 9.34. The van der Waals surface area contributed by atoms with Crippen molar-refractivity contribution in [1.82, 2.24) is 9.13 Å². The molecular formula is C52H36N2O. The molecule has 8 aromatic carbocycles. The second kappa shape index (κ2) is 12.0. The normalized spacial score (nSPS) is 12.5. The van der Waals surface area contributed by atoms with E-state index in [1.807, 2.05) is 12.1 Å². The van der Waals surface area contributed by atoms with E-state index in [4.69, 9.17) is 11.0 Å². The van der Waals surface area contributed by atoms with Gasteiger partial charge < -0.3 is 13.6 Å². The first-order chi connectivity index (χ1) is 27.0. The molecule has 0 N–H and O–H groups in total. The number of aryl methyl sites for hydroxylation is 1. The summed E-state index contributed by atoms with van der Waals surface area (Å²) < 4.78 is 11.0. The fraction of sp³-hybridized carbons (Fsp3) is 0.0385. The molecule has 260 valence electrons. The van der Waals surface area contributed by atoms with Crippen LogP contribution in [0, 0.1) is 6.92 Å². The minimum Gasteiger partial charge on any atom is -0.456 e. The summed E-state index contributed by atoms with van der Waals surface area (Å²) in [5.41, 5.74) is 14.3. The summed E-state index contributed by atoms with van der Waals surface area (Å²) in [4.78, 5) is 0. The Labute approximate surface area is 318 Å². The summed E-state index contributed by atoms with van der Waals surface area (Å²) in [6.07, 6.45) is 0. The molecule has 0 aliphatic heterocycles. The van der Waals surface area contributed by atoms with Crippen molar-refractivity contribution >= 4 is 87.6 Å². The van der Waals surface area contributed by atoms with Crippen LogP contribution < -0.4 is 0 Å². The molecule has 3 heterocycles. The SMILES string of the molecule is C=C(/C(C)=C(/c1ccc2oc3ccccc3c2c1)c1ccccc1C)n1c2ccc(-n3c4ccccc4c4ccccc43)cc2c2c3ccccc3ccc21. The molecule has 0 fully saturated rings. The van der Waals surface area contributed by atoms with E-state index in [0.717, 1.165) is 61.1 Å². The zero-order chi connectivity index (χ0) is 36.8. The van der Waals surface area contributed by atoms with Crippen LogP contribution in [0.1, 0.15) is 23.6 Å². The Kier molecular flexibility index (Phi) is 6.83. The fourth-order valence-electron chi connectivity index (χ4n) is 9.03. The lowest BCUT2D eigenvalue weighted by atomic mass is 9.89. The van der Waals surface area contributed by atoms with Gasteiger partial charge in [0.25, 0.3) is 0 Å². The lowest BCUT2D eigenvalue weighted by Crippen LogP contribution is -2.02. The third-order valence-corrected chi connectivity index (χ3v) is 11.6. The van der Waals surface area contributed by atoms with Gasteiger partial charge in [-0.05, 0) is 107 Å². The smallest absolute Gasteiger partial charge is 0.135 e. The molecule has 55 heavy (non-hydrogen) atoms. The highest BCUT2D eigenvalue weighted by atomic mass is 16.3. The Balaban J connectivity index is 1.19. The number of benzene rings is 8. The van der Waals surface area contributed by atoms with Crippen molar-refractivity contribution in [3.63, 3.8) is 0 Å². The van der Waals surface area contributed by atoms with Gasteiger partial charge in [0.15, 0.2) is 0 Å². The van der Waals surface area contributed by atoms with E-state index >= 15 is 0 Å². The van der Waals surface area contributed by atoms with E-state index < -0.39 is 0 Å². The maximum atomic E-state index is 6.26. The Morgan fingerprint density at radius 1 is 0.509 bits per heavy atom. The highest BCUT2D eigenvalue weighted by Crippen LogP contribution is 2.43. The second-order valence-electron chi connectivity index (χ2n) is 14.7.